The fraction of sp³-hybridized carbons (Fsp3) is 0.636. The number of rotatable bonds is 6. The van der Waals surface area contributed by atoms with Crippen LogP contribution in [0.5, 0.6) is 0 Å². The van der Waals surface area contributed by atoms with Crippen LogP contribution in [0.3, 0.4) is 0 Å². The van der Waals surface area contributed by atoms with Gasteiger partial charge in [-0.25, -0.2) is 0 Å². The molecule has 1 aliphatic heterocycles. The van der Waals surface area contributed by atoms with Crippen LogP contribution in [-0.4, -0.2) is 49.6 Å². The first-order chi connectivity index (χ1) is 13.5. The van der Waals surface area contributed by atoms with E-state index in [1.807, 2.05) is 4.90 Å². The van der Waals surface area contributed by atoms with Gasteiger partial charge in [-0.3, -0.25) is 9.59 Å². The second-order valence-corrected chi connectivity index (χ2v) is 8.30. The third-order valence-electron chi connectivity index (χ3n) is 6.11. The molecule has 1 aromatic heterocycles. The van der Waals surface area contributed by atoms with Gasteiger partial charge < -0.3 is 19.4 Å². The largest absolute Gasteiger partial charge is 0.459 e. The highest BCUT2D eigenvalue weighted by atomic mass is 16.5. The highest BCUT2D eigenvalue weighted by molar-refractivity contribution is 5.91. The molecule has 2 amide bonds. The summed E-state index contributed by atoms with van der Waals surface area (Å²) >= 11 is 0. The first-order valence-corrected chi connectivity index (χ1v) is 10.3. The topological polar surface area (TPSA) is 71.8 Å². The molecular formula is C22H32N2O4. The van der Waals surface area contributed by atoms with Crippen LogP contribution in [0.1, 0.15) is 44.2 Å². The number of allylic oxidation sites excluding steroid dienone is 1. The Bertz CT molecular complexity index is 689. The van der Waals surface area contributed by atoms with E-state index in [0.29, 0.717) is 56.9 Å². The lowest BCUT2D eigenvalue weighted by molar-refractivity contribution is -0.136. The lowest BCUT2D eigenvalue weighted by Gasteiger charge is -2.38. The molecule has 0 aromatic carbocycles. The van der Waals surface area contributed by atoms with Gasteiger partial charge in [-0.15, -0.1) is 0 Å². The zero-order valence-electron chi connectivity index (χ0n) is 17.1. The van der Waals surface area contributed by atoms with E-state index in [2.05, 4.69) is 32.2 Å². The molecule has 0 spiro atoms. The van der Waals surface area contributed by atoms with E-state index in [1.54, 1.807) is 12.1 Å². The average molecular weight is 389 g/mol. The van der Waals surface area contributed by atoms with Crippen molar-refractivity contribution in [1.29, 1.82) is 0 Å². The van der Waals surface area contributed by atoms with Gasteiger partial charge >= 0.3 is 0 Å². The summed E-state index contributed by atoms with van der Waals surface area (Å²) in [5.74, 6) is 1.86. The Balaban J connectivity index is 1.62. The molecule has 0 radical (unpaired) electrons. The molecule has 1 N–H and O–H groups in total. The van der Waals surface area contributed by atoms with Gasteiger partial charge in [0.2, 0.25) is 5.91 Å². The van der Waals surface area contributed by atoms with Crippen LogP contribution < -0.4 is 5.32 Å². The Morgan fingerprint density at radius 2 is 2.04 bits per heavy atom. The maximum absolute atomic E-state index is 12.7. The van der Waals surface area contributed by atoms with E-state index < -0.39 is 0 Å². The minimum Gasteiger partial charge on any atom is -0.459 e. The van der Waals surface area contributed by atoms with Gasteiger partial charge in [0, 0.05) is 26.1 Å². The van der Waals surface area contributed by atoms with Gasteiger partial charge in [0.1, 0.15) is 0 Å². The Morgan fingerprint density at radius 3 is 2.68 bits per heavy atom. The minimum atomic E-state index is -0.178. The molecule has 2 aliphatic rings. The molecule has 0 unspecified atom stereocenters. The minimum absolute atomic E-state index is 0.178. The van der Waals surface area contributed by atoms with Crippen LogP contribution >= 0.6 is 0 Å². The second-order valence-electron chi connectivity index (χ2n) is 8.30. The molecule has 154 valence electrons. The molecule has 6 heteroatoms. The molecule has 1 aromatic rings. The van der Waals surface area contributed by atoms with Gasteiger partial charge in [-0.2, -0.15) is 0 Å². The predicted molar refractivity (Wildman–Crippen MR) is 107 cm³/mol. The summed E-state index contributed by atoms with van der Waals surface area (Å²) in [7, 11) is 0. The molecule has 3 rings (SSSR count). The maximum atomic E-state index is 12.7. The number of ether oxygens (including phenoxy) is 1. The molecule has 3 atom stereocenters. The number of furan rings is 1. The van der Waals surface area contributed by atoms with Crippen LogP contribution in [0.15, 0.2) is 34.5 Å². The van der Waals surface area contributed by atoms with Crippen molar-refractivity contribution in [3.8, 4) is 0 Å². The summed E-state index contributed by atoms with van der Waals surface area (Å²) in [6.45, 7) is 9.82. The number of hydrogen-bond acceptors (Lipinski definition) is 4. The van der Waals surface area contributed by atoms with Crippen molar-refractivity contribution < 1.29 is 18.7 Å². The van der Waals surface area contributed by atoms with E-state index in [1.165, 1.54) is 11.8 Å². The molecule has 0 bridgehead atoms. The maximum Gasteiger partial charge on any atom is 0.286 e. The molecule has 28 heavy (non-hydrogen) atoms. The van der Waals surface area contributed by atoms with Crippen molar-refractivity contribution >= 4 is 11.8 Å². The molecule has 2 heterocycles. The van der Waals surface area contributed by atoms with Crippen molar-refractivity contribution in [1.82, 2.24) is 10.2 Å². The van der Waals surface area contributed by atoms with Crippen LogP contribution in [0.2, 0.25) is 0 Å². The summed E-state index contributed by atoms with van der Waals surface area (Å²) < 4.78 is 10.5. The van der Waals surface area contributed by atoms with Crippen molar-refractivity contribution in [3.05, 3.63) is 35.8 Å². The lowest BCUT2D eigenvalue weighted by atomic mass is 9.69. The van der Waals surface area contributed by atoms with E-state index in [9.17, 15) is 9.59 Å². The van der Waals surface area contributed by atoms with Crippen LogP contribution in [0, 0.1) is 23.7 Å². The Labute approximate surface area is 167 Å². The summed E-state index contributed by atoms with van der Waals surface area (Å²) in [6.07, 6.45) is 5.33. The number of nitrogens with zero attached hydrogens (tertiary/aromatic N) is 1. The zero-order valence-corrected chi connectivity index (χ0v) is 17.1. The van der Waals surface area contributed by atoms with Crippen molar-refractivity contribution in [2.45, 2.75) is 33.6 Å². The predicted octanol–water partition coefficient (Wildman–Crippen LogP) is 3.11. The summed E-state index contributed by atoms with van der Waals surface area (Å²) in [4.78, 5) is 26.8. The average Bonchev–Trinajstić information content (AvgIpc) is 3.23. The normalized spacial score (nSPS) is 25.5. The van der Waals surface area contributed by atoms with Gasteiger partial charge in [-0.1, -0.05) is 25.5 Å². The fourth-order valence-electron chi connectivity index (χ4n) is 4.37. The smallest absolute Gasteiger partial charge is 0.286 e. The quantitative estimate of drug-likeness (QED) is 0.760. The van der Waals surface area contributed by atoms with Gasteiger partial charge in [0.25, 0.3) is 5.91 Å². The molecule has 1 aliphatic carbocycles. The van der Waals surface area contributed by atoms with Crippen molar-refractivity contribution in [2.75, 3.05) is 32.8 Å². The van der Waals surface area contributed by atoms with E-state index in [4.69, 9.17) is 9.15 Å². The van der Waals surface area contributed by atoms with E-state index >= 15 is 0 Å². The Morgan fingerprint density at radius 1 is 1.29 bits per heavy atom. The summed E-state index contributed by atoms with van der Waals surface area (Å²) in [6, 6.07) is 3.39. The number of carbonyl (C=O) groups is 2. The third kappa shape index (κ3) is 5.04. The van der Waals surface area contributed by atoms with Gasteiger partial charge in [0.05, 0.1) is 19.5 Å². The first-order valence-electron chi connectivity index (χ1n) is 10.3. The summed E-state index contributed by atoms with van der Waals surface area (Å²) in [5, 5.41) is 3.00. The lowest BCUT2D eigenvalue weighted by Crippen LogP contribution is -2.42. The molecular weight excluding hydrogens is 356 g/mol. The molecule has 1 saturated heterocycles. The molecule has 6 nitrogen and oxygen atoms in total. The molecule has 0 saturated carbocycles. The number of carbonyl (C=O) groups excluding carboxylic acids is 2. The second kappa shape index (κ2) is 9.41. The van der Waals surface area contributed by atoms with Gasteiger partial charge in [0.15, 0.2) is 5.76 Å². The van der Waals surface area contributed by atoms with E-state index in [-0.39, 0.29) is 23.7 Å². The van der Waals surface area contributed by atoms with Crippen LogP contribution in [-0.2, 0) is 9.53 Å². The number of hydrogen-bond donors (Lipinski definition) is 1. The number of nitrogens with one attached hydrogen (secondary N) is 1. The first kappa shape index (κ1) is 20.6. The molecule has 1 fully saturated rings. The zero-order chi connectivity index (χ0) is 20.1. The van der Waals surface area contributed by atoms with Crippen molar-refractivity contribution in [3.63, 3.8) is 0 Å². The number of morpholine rings is 1. The fourth-order valence-corrected chi connectivity index (χ4v) is 4.37. The Kier molecular flexibility index (Phi) is 6.94. The standard InChI is InChI=1S/C22H32N2O4/c1-15(2)19-12-17(13-21(25)24-6-9-27-10-7-24)16(3)11-18(19)14-23-22(26)20-5-4-8-28-20/h4-5,8,11,15,17-19H,6-7,9-10,12-14H2,1-3H3,(H,23,26)/t17-,18-,19-/m0/s1. The number of amides is 2. The van der Waals surface area contributed by atoms with Crippen LogP contribution in [0.25, 0.3) is 0 Å². The SMILES string of the molecule is CC1=C[C@@H](CNC(=O)c2ccco2)[C@H](C(C)C)C[C@H]1CC(=O)N1CCOCC1. The third-order valence-corrected chi connectivity index (χ3v) is 6.11. The summed E-state index contributed by atoms with van der Waals surface area (Å²) in [5.41, 5.74) is 1.26. The van der Waals surface area contributed by atoms with Crippen molar-refractivity contribution in [2.24, 2.45) is 23.7 Å². The monoisotopic (exact) mass is 388 g/mol. The Hall–Kier alpha value is -2.08. The highest BCUT2D eigenvalue weighted by Crippen LogP contribution is 2.39. The van der Waals surface area contributed by atoms with Crippen LogP contribution in [0.4, 0.5) is 0 Å². The van der Waals surface area contributed by atoms with Gasteiger partial charge in [-0.05, 0) is 49.1 Å². The highest BCUT2D eigenvalue weighted by Gasteiger charge is 2.33. The van der Waals surface area contributed by atoms with E-state index in [0.717, 1.165) is 6.42 Å².